The van der Waals surface area contributed by atoms with Crippen molar-refractivity contribution in [3.8, 4) is 0 Å². The molecule has 2 atom stereocenters. The van der Waals surface area contributed by atoms with Gasteiger partial charge in [0.2, 0.25) is 11.8 Å². The summed E-state index contributed by atoms with van der Waals surface area (Å²) < 4.78 is 38.6. The quantitative estimate of drug-likeness (QED) is 0.511. The van der Waals surface area contributed by atoms with Crippen LogP contribution in [0.4, 0.5) is 13.2 Å². The molecule has 2 amide bonds. The zero-order chi connectivity index (χ0) is 22.9. The minimum atomic E-state index is -4.44. The summed E-state index contributed by atoms with van der Waals surface area (Å²) in [7, 11) is 4.81. The van der Waals surface area contributed by atoms with Gasteiger partial charge in [-0.3, -0.25) is 9.59 Å². The summed E-state index contributed by atoms with van der Waals surface area (Å²) in [6.07, 6.45) is -0.221. The highest BCUT2D eigenvalue weighted by Gasteiger charge is 2.34. The van der Waals surface area contributed by atoms with E-state index in [0.29, 0.717) is 18.4 Å². The number of likely N-dealkylation sites (N-methyl/N-ethyl adjacent to an activating group) is 2. The first kappa shape index (κ1) is 28.7. The summed E-state index contributed by atoms with van der Waals surface area (Å²) in [5.74, 6) is -0.577. The Morgan fingerprint density at radius 1 is 1.10 bits per heavy atom. The summed E-state index contributed by atoms with van der Waals surface area (Å²) in [6, 6.07) is 3.23. The van der Waals surface area contributed by atoms with Crippen LogP contribution in [-0.4, -0.2) is 61.4 Å². The maximum Gasteiger partial charge on any atom is 0.416 e. The molecule has 0 unspecified atom stereocenters. The van der Waals surface area contributed by atoms with Crippen molar-refractivity contribution in [2.24, 2.45) is 0 Å². The highest BCUT2D eigenvalue weighted by molar-refractivity contribution is 5.90. The van der Waals surface area contributed by atoms with Crippen molar-refractivity contribution in [1.29, 1.82) is 0 Å². The Hall–Kier alpha value is -2.32. The number of hydrogen-bond donors (Lipinski definition) is 1. The van der Waals surface area contributed by atoms with E-state index in [2.05, 4.69) is 18.5 Å². The molecule has 0 aliphatic rings. The number of carbonyl (C=O) groups is 2. The molecule has 9 heteroatoms. The zero-order valence-electron chi connectivity index (χ0n) is 18.1. The molecule has 0 aromatic heterocycles. The second kappa shape index (κ2) is 13.2. The van der Waals surface area contributed by atoms with Crippen LogP contribution in [0.2, 0.25) is 0 Å². The highest BCUT2D eigenvalue weighted by Crippen LogP contribution is 2.29. The van der Waals surface area contributed by atoms with Gasteiger partial charge in [0.05, 0.1) is 11.6 Å². The van der Waals surface area contributed by atoms with Gasteiger partial charge in [-0.2, -0.15) is 13.2 Å². The standard InChI is InChI=1S/C22H30F3N3O2.ClH/c1-6-8-14-28(20(29)18(26-3)9-7-2)19(21(30)27(4)5)15-16-10-12-17(13-11-16)22(23,24)25;/h6-7,10-13,18-19,26H,1-2,8-9,14-15H2,3-5H3;1H/t18-,19-;/m0./s1. The van der Waals surface area contributed by atoms with Crippen molar-refractivity contribution in [2.75, 3.05) is 27.7 Å². The Bertz CT molecular complexity index is 737. The fourth-order valence-electron chi connectivity index (χ4n) is 3.04. The minimum Gasteiger partial charge on any atom is -0.347 e. The molecule has 0 saturated carbocycles. The number of nitrogens with zero attached hydrogens (tertiary/aromatic N) is 2. The van der Waals surface area contributed by atoms with E-state index in [-0.39, 0.29) is 37.2 Å². The molecule has 174 valence electrons. The number of amides is 2. The molecule has 0 heterocycles. The second-order valence-corrected chi connectivity index (χ2v) is 7.12. The average molecular weight is 462 g/mol. The summed E-state index contributed by atoms with van der Waals surface area (Å²) in [5, 5.41) is 2.93. The molecule has 0 bridgehead atoms. The third-order valence-corrected chi connectivity index (χ3v) is 4.72. The van der Waals surface area contributed by atoms with E-state index >= 15 is 0 Å². The van der Waals surface area contributed by atoms with E-state index in [0.717, 1.165) is 12.1 Å². The van der Waals surface area contributed by atoms with Gasteiger partial charge in [-0.15, -0.1) is 25.6 Å². The largest absolute Gasteiger partial charge is 0.416 e. The fourth-order valence-corrected chi connectivity index (χ4v) is 3.04. The van der Waals surface area contributed by atoms with Crippen LogP contribution in [-0.2, 0) is 22.2 Å². The Balaban J connectivity index is 0.00000900. The third-order valence-electron chi connectivity index (χ3n) is 4.72. The predicted molar refractivity (Wildman–Crippen MR) is 119 cm³/mol. The zero-order valence-corrected chi connectivity index (χ0v) is 18.9. The first-order valence-electron chi connectivity index (χ1n) is 9.63. The molecule has 1 aromatic carbocycles. The van der Waals surface area contributed by atoms with Crippen molar-refractivity contribution < 1.29 is 22.8 Å². The van der Waals surface area contributed by atoms with Crippen LogP contribution < -0.4 is 5.32 Å². The van der Waals surface area contributed by atoms with E-state index in [1.807, 2.05) is 0 Å². The molecule has 31 heavy (non-hydrogen) atoms. The number of halogens is 4. The molecular formula is C22H31ClF3N3O2. The molecule has 0 aliphatic heterocycles. The first-order chi connectivity index (χ1) is 14.1. The smallest absolute Gasteiger partial charge is 0.347 e. The van der Waals surface area contributed by atoms with E-state index in [1.54, 1.807) is 33.3 Å². The third kappa shape index (κ3) is 8.38. The SMILES string of the molecule is C=CCCN(C(=O)[C@H](CC=C)NC)[C@@H](Cc1ccc(C(F)(F)F)cc1)C(=O)N(C)C.Cl. The van der Waals surface area contributed by atoms with Crippen LogP contribution in [0.15, 0.2) is 49.6 Å². The molecule has 0 spiro atoms. The minimum absolute atomic E-state index is 0. The van der Waals surface area contributed by atoms with Crippen LogP contribution in [0.3, 0.4) is 0 Å². The average Bonchev–Trinajstić information content (AvgIpc) is 2.70. The van der Waals surface area contributed by atoms with Crippen LogP contribution in [0.25, 0.3) is 0 Å². The Morgan fingerprint density at radius 3 is 2.10 bits per heavy atom. The van der Waals surface area contributed by atoms with Gasteiger partial charge >= 0.3 is 6.18 Å². The number of hydrogen-bond acceptors (Lipinski definition) is 3. The summed E-state index contributed by atoms with van der Waals surface area (Å²) in [6.45, 7) is 7.61. The summed E-state index contributed by atoms with van der Waals surface area (Å²) >= 11 is 0. The van der Waals surface area contributed by atoms with E-state index in [9.17, 15) is 22.8 Å². The van der Waals surface area contributed by atoms with Gasteiger partial charge in [-0.25, -0.2) is 0 Å². The summed E-state index contributed by atoms with van der Waals surface area (Å²) in [4.78, 5) is 29.0. The Morgan fingerprint density at radius 2 is 1.68 bits per heavy atom. The second-order valence-electron chi connectivity index (χ2n) is 7.12. The lowest BCUT2D eigenvalue weighted by atomic mass is 10.00. The molecule has 0 radical (unpaired) electrons. The number of nitrogens with one attached hydrogen (secondary N) is 1. The van der Waals surface area contributed by atoms with Crippen LogP contribution >= 0.6 is 12.4 Å². The topological polar surface area (TPSA) is 52.7 Å². The maximum atomic E-state index is 13.2. The molecule has 1 N–H and O–H groups in total. The molecule has 1 rings (SSSR count). The van der Waals surface area contributed by atoms with Gasteiger partial charge in [-0.05, 0) is 37.6 Å². The Labute approximate surface area is 188 Å². The van der Waals surface area contributed by atoms with Gasteiger partial charge in [0.15, 0.2) is 0 Å². The van der Waals surface area contributed by atoms with Gasteiger partial charge < -0.3 is 15.1 Å². The lowest BCUT2D eigenvalue weighted by Crippen LogP contribution is -2.55. The van der Waals surface area contributed by atoms with Crippen LogP contribution in [0.1, 0.15) is 24.0 Å². The van der Waals surface area contributed by atoms with Crippen molar-refractivity contribution in [2.45, 2.75) is 37.5 Å². The molecule has 5 nitrogen and oxygen atoms in total. The van der Waals surface area contributed by atoms with Crippen molar-refractivity contribution in [1.82, 2.24) is 15.1 Å². The predicted octanol–water partition coefficient (Wildman–Crippen LogP) is 3.70. The van der Waals surface area contributed by atoms with E-state index in [1.165, 1.54) is 21.9 Å². The lowest BCUT2D eigenvalue weighted by Gasteiger charge is -2.35. The lowest BCUT2D eigenvalue weighted by molar-refractivity contribution is -0.145. The van der Waals surface area contributed by atoms with Crippen molar-refractivity contribution in [3.63, 3.8) is 0 Å². The molecule has 0 aliphatic carbocycles. The van der Waals surface area contributed by atoms with Gasteiger partial charge in [0, 0.05) is 27.1 Å². The molecule has 1 aromatic rings. The van der Waals surface area contributed by atoms with Crippen molar-refractivity contribution in [3.05, 3.63) is 60.7 Å². The maximum absolute atomic E-state index is 13.2. The number of rotatable bonds is 11. The molecule has 0 saturated heterocycles. The fraction of sp³-hybridized carbons (Fsp3) is 0.455. The van der Waals surface area contributed by atoms with Gasteiger partial charge in [0.25, 0.3) is 0 Å². The van der Waals surface area contributed by atoms with E-state index in [4.69, 9.17) is 0 Å². The molecule has 0 fully saturated rings. The van der Waals surface area contributed by atoms with E-state index < -0.39 is 23.8 Å². The van der Waals surface area contributed by atoms with Gasteiger partial charge in [0.1, 0.15) is 6.04 Å². The number of alkyl halides is 3. The van der Waals surface area contributed by atoms with Gasteiger partial charge in [-0.1, -0.05) is 24.3 Å². The molecular weight excluding hydrogens is 431 g/mol. The normalized spacial score (nSPS) is 12.8. The van der Waals surface area contributed by atoms with Crippen molar-refractivity contribution >= 4 is 24.2 Å². The Kier molecular flexibility index (Phi) is 12.2. The summed E-state index contributed by atoms with van der Waals surface area (Å²) in [5.41, 5.74) is -0.230. The highest BCUT2D eigenvalue weighted by atomic mass is 35.5. The van der Waals surface area contributed by atoms with Crippen LogP contribution in [0.5, 0.6) is 0 Å². The first-order valence-corrected chi connectivity index (χ1v) is 9.63. The number of benzene rings is 1. The monoisotopic (exact) mass is 461 g/mol. The van der Waals surface area contributed by atoms with Crippen LogP contribution in [0, 0.1) is 0 Å². The number of carbonyl (C=O) groups excluding carboxylic acids is 2.